The van der Waals surface area contributed by atoms with Gasteiger partial charge in [0, 0.05) is 10.9 Å². The van der Waals surface area contributed by atoms with Crippen molar-refractivity contribution >= 4 is 27.8 Å². The number of terminal acetylenes is 1. The van der Waals surface area contributed by atoms with E-state index in [4.69, 9.17) is 15.9 Å². The second kappa shape index (κ2) is 9.83. The van der Waals surface area contributed by atoms with Crippen molar-refractivity contribution in [3.8, 4) is 18.1 Å². The van der Waals surface area contributed by atoms with Crippen molar-refractivity contribution in [2.45, 2.75) is 12.8 Å². The van der Waals surface area contributed by atoms with Gasteiger partial charge in [-0.15, -0.1) is 6.42 Å². The van der Waals surface area contributed by atoms with Gasteiger partial charge >= 0.3 is 5.97 Å². The van der Waals surface area contributed by atoms with Crippen LogP contribution in [0.1, 0.15) is 12.8 Å². The van der Waals surface area contributed by atoms with Crippen molar-refractivity contribution in [2.75, 3.05) is 19.8 Å². The quantitative estimate of drug-likeness (QED) is 0.440. The van der Waals surface area contributed by atoms with Gasteiger partial charge in [0.2, 0.25) is 0 Å². The molecule has 1 rings (SSSR count). The molecule has 0 atom stereocenters. The Morgan fingerprint density at radius 3 is 2.90 bits per heavy atom. The fourth-order valence-electron chi connectivity index (χ4n) is 1.38. The molecule has 0 bridgehead atoms. The van der Waals surface area contributed by atoms with Crippen LogP contribution in [0.5, 0.6) is 5.75 Å². The van der Waals surface area contributed by atoms with Crippen molar-refractivity contribution in [3.05, 3.63) is 28.7 Å². The lowest BCUT2D eigenvalue weighted by atomic mass is 10.3. The first kappa shape index (κ1) is 17.1. The van der Waals surface area contributed by atoms with E-state index >= 15 is 0 Å². The SMILES string of the molecule is C#CCNC(=O)COC(=O)CCCOc1cccc(Br)c1. The van der Waals surface area contributed by atoms with Crippen LogP contribution in [0.4, 0.5) is 0 Å². The Morgan fingerprint density at radius 2 is 2.19 bits per heavy atom. The average molecular weight is 354 g/mol. The van der Waals surface area contributed by atoms with Gasteiger partial charge in [-0.1, -0.05) is 27.9 Å². The van der Waals surface area contributed by atoms with E-state index in [1.807, 2.05) is 24.3 Å². The monoisotopic (exact) mass is 353 g/mol. The van der Waals surface area contributed by atoms with Crippen LogP contribution in [0.25, 0.3) is 0 Å². The summed E-state index contributed by atoms with van der Waals surface area (Å²) in [6.45, 7) is 0.207. The molecular formula is C15H16BrNO4. The van der Waals surface area contributed by atoms with E-state index in [0.29, 0.717) is 13.0 Å². The number of halogens is 1. The molecule has 21 heavy (non-hydrogen) atoms. The van der Waals surface area contributed by atoms with Crippen molar-refractivity contribution in [2.24, 2.45) is 0 Å². The molecule has 112 valence electrons. The summed E-state index contributed by atoms with van der Waals surface area (Å²) >= 11 is 3.34. The van der Waals surface area contributed by atoms with Gasteiger partial charge in [-0.2, -0.15) is 0 Å². The Bertz CT molecular complexity index is 525. The normalized spacial score (nSPS) is 9.52. The Hall–Kier alpha value is -2.00. The van der Waals surface area contributed by atoms with Gasteiger partial charge in [-0.05, 0) is 24.6 Å². The maximum absolute atomic E-state index is 11.4. The van der Waals surface area contributed by atoms with Gasteiger partial charge in [-0.3, -0.25) is 9.59 Å². The molecule has 0 aliphatic rings. The lowest BCUT2D eigenvalue weighted by Gasteiger charge is -2.07. The van der Waals surface area contributed by atoms with E-state index in [1.165, 1.54) is 0 Å². The fraction of sp³-hybridized carbons (Fsp3) is 0.333. The zero-order valence-electron chi connectivity index (χ0n) is 11.4. The first-order valence-corrected chi connectivity index (χ1v) is 7.15. The van der Waals surface area contributed by atoms with Crippen LogP contribution in [0.2, 0.25) is 0 Å². The molecule has 1 aromatic rings. The van der Waals surface area contributed by atoms with Crippen LogP contribution in [0, 0.1) is 12.3 Å². The summed E-state index contributed by atoms with van der Waals surface area (Å²) in [6, 6.07) is 7.44. The van der Waals surface area contributed by atoms with Gasteiger partial charge in [0.1, 0.15) is 5.75 Å². The van der Waals surface area contributed by atoms with Gasteiger partial charge in [0.05, 0.1) is 13.2 Å². The van der Waals surface area contributed by atoms with Crippen molar-refractivity contribution in [1.82, 2.24) is 5.32 Å². The molecule has 0 spiro atoms. The minimum Gasteiger partial charge on any atom is -0.494 e. The van der Waals surface area contributed by atoms with E-state index in [0.717, 1.165) is 10.2 Å². The number of carbonyl (C=O) groups is 2. The number of hydrogen-bond acceptors (Lipinski definition) is 4. The molecule has 0 aromatic heterocycles. The molecule has 0 radical (unpaired) electrons. The lowest BCUT2D eigenvalue weighted by molar-refractivity contribution is -0.148. The number of nitrogens with one attached hydrogen (secondary N) is 1. The van der Waals surface area contributed by atoms with Crippen molar-refractivity contribution in [1.29, 1.82) is 0 Å². The highest BCUT2D eigenvalue weighted by Crippen LogP contribution is 2.17. The van der Waals surface area contributed by atoms with Crippen LogP contribution in [-0.4, -0.2) is 31.6 Å². The Kier molecular flexibility index (Phi) is 7.99. The largest absolute Gasteiger partial charge is 0.494 e. The van der Waals surface area contributed by atoms with E-state index in [1.54, 1.807) is 0 Å². The Balaban J connectivity index is 2.11. The van der Waals surface area contributed by atoms with Crippen LogP contribution in [0.3, 0.4) is 0 Å². The van der Waals surface area contributed by atoms with E-state index < -0.39 is 11.9 Å². The number of rotatable bonds is 8. The topological polar surface area (TPSA) is 64.6 Å². The Labute approximate surface area is 132 Å². The van der Waals surface area contributed by atoms with E-state index in [-0.39, 0.29) is 19.6 Å². The molecule has 0 unspecified atom stereocenters. The number of amides is 1. The third-order valence-corrected chi connectivity index (χ3v) is 2.84. The first-order valence-electron chi connectivity index (χ1n) is 6.36. The smallest absolute Gasteiger partial charge is 0.306 e. The number of esters is 1. The predicted octanol–water partition coefficient (Wildman–Crippen LogP) is 1.90. The summed E-state index contributed by atoms with van der Waals surface area (Å²) in [5.41, 5.74) is 0. The minimum atomic E-state index is -0.441. The molecule has 0 saturated carbocycles. The summed E-state index contributed by atoms with van der Waals surface area (Å²) in [4.78, 5) is 22.5. The van der Waals surface area contributed by atoms with E-state index in [9.17, 15) is 9.59 Å². The van der Waals surface area contributed by atoms with E-state index in [2.05, 4.69) is 27.2 Å². The van der Waals surface area contributed by atoms with Crippen LogP contribution >= 0.6 is 15.9 Å². The number of carbonyl (C=O) groups excluding carboxylic acids is 2. The summed E-state index contributed by atoms with van der Waals surface area (Å²) in [7, 11) is 0. The predicted molar refractivity (Wildman–Crippen MR) is 81.7 cm³/mol. The highest BCUT2D eigenvalue weighted by molar-refractivity contribution is 9.10. The lowest BCUT2D eigenvalue weighted by Crippen LogP contribution is -2.29. The maximum atomic E-state index is 11.4. The fourth-order valence-corrected chi connectivity index (χ4v) is 1.76. The van der Waals surface area contributed by atoms with Gasteiger partial charge in [-0.25, -0.2) is 0 Å². The average Bonchev–Trinajstić information content (AvgIpc) is 2.47. The summed E-state index contributed by atoms with van der Waals surface area (Å²) in [6.07, 6.45) is 5.68. The summed E-state index contributed by atoms with van der Waals surface area (Å²) in [5.74, 6) is 2.13. The molecule has 5 nitrogen and oxygen atoms in total. The molecular weight excluding hydrogens is 338 g/mol. The second-order valence-electron chi connectivity index (χ2n) is 4.05. The third kappa shape index (κ3) is 8.00. The zero-order valence-corrected chi connectivity index (χ0v) is 13.0. The summed E-state index contributed by atoms with van der Waals surface area (Å²) < 4.78 is 11.2. The summed E-state index contributed by atoms with van der Waals surface area (Å²) in [5, 5.41) is 2.40. The Morgan fingerprint density at radius 1 is 1.38 bits per heavy atom. The molecule has 0 saturated heterocycles. The van der Waals surface area contributed by atoms with Gasteiger partial charge in [0.15, 0.2) is 6.61 Å². The number of hydrogen-bond donors (Lipinski definition) is 1. The standard InChI is InChI=1S/C15H16BrNO4/c1-2-8-17-14(18)11-21-15(19)7-4-9-20-13-6-3-5-12(16)10-13/h1,3,5-6,10H,4,7-9,11H2,(H,17,18). The number of benzene rings is 1. The highest BCUT2D eigenvalue weighted by Gasteiger charge is 2.06. The van der Waals surface area contributed by atoms with Gasteiger partial charge in [0.25, 0.3) is 5.91 Å². The van der Waals surface area contributed by atoms with Crippen molar-refractivity contribution < 1.29 is 19.1 Å². The number of ether oxygens (including phenoxy) is 2. The second-order valence-corrected chi connectivity index (χ2v) is 4.97. The molecule has 1 N–H and O–H groups in total. The molecule has 0 aliphatic carbocycles. The maximum Gasteiger partial charge on any atom is 0.306 e. The van der Waals surface area contributed by atoms with Crippen LogP contribution in [-0.2, 0) is 14.3 Å². The van der Waals surface area contributed by atoms with Crippen LogP contribution < -0.4 is 10.1 Å². The molecule has 6 heteroatoms. The molecule has 0 heterocycles. The molecule has 0 fully saturated rings. The zero-order chi connectivity index (χ0) is 15.5. The van der Waals surface area contributed by atoms with Gasteiger partial charge < -0.3 is 14.8 Å². The highest BCUT2D eigenvalue weighted by atomic mass is 79.9. The molecule has 1 amide bonds. The third-order valence-electron chi connectivity index (χ3n) is 2.34. The molecule has 0 aliphatic heterocycles. The van der Waals surface area contributed by atoms with Crippen LogP contribution in [0.15, 0.2) is 28.7 Å². The first-order chi connectivity index (χ1) is 10.1. The molecule has 1 aromatic carbocycles. The van der Waals surface area contributed by atoms with Crippen molar-refractivity contribution in [3.63, 3.8) is 0 Å². The minimum absolute atomic E-state index is 0.122.